The second-order valence-electron chi connectivity index (χ2n) is 5.37. The van der Waals surface area contributed by atoms with Gasteiger partial charge in [0.15, 0.2) is 0 Å². The van der Waals surface area contributed by atoms with Gasteiger partial charge in [-0.05, 0) is 29.3 Å². The first-order valence-corrected chi connectivity index (χ1v) is 7.03. The van der Waals surface area contributed by atoms with Crippen LogP contribution < -0.4 is 5.32 Å². The van der Waals surface area contributed by atoms with E-state index in [0.29, 0.717) is 6.04 Å². The summed E-state index contributed by atoms with van der Waals surface area (Å²) in [6.07, 6.45) is 0. The van der Waals surface area contributed by atoms with E-state index in [1.165, 1.54) is 11.1 Å². The van der Waals surface area contributed by atoms with Gasteiger partial charge in [-0.3, -0.25) is 0 Å². The van der Waals surface area contributed by atoms with Crippen molar-refractivity contribution >= 4 is 11.0 Å². The van der Waals surface area contributed by atoms with E-state index in [4.69, 9.17) is 4.42 Å². The molecule has 0 saturated carbocycles. The molecule has 0 radical (unpaired) electrons. The Labute approximate surface area is 119 Å². The van der Waals surface area contributed by atoms with Crippen LogP contribution in [0.5, 0.6) is 0 Å². The number of furan rings is 1. The minimum absolute atomic E-state index is 0.461. The molecule has 2 heteroatoms. The molecule has 3 rings (SSSR count). The van der Waals surface area contributed by atoms with Crippen molar-refractivity contribution in [1.29, 1.82) is 0 Å². The molecule has 102 valence electrons. The maximum absolute atomic E-state index is 5.85. The zero-order valence-corrected chi connectivity index (χ0v) is 11.9. The predicted molar refractivity (Wildman–Crippen MR) is 83.6 cm³/mol. The van der Waals surface area contributed by atoms with E-state index in [1.807, 2.05) is 6.07 Å². The van der Waals surface area contributed by atoms with Crippen molar-refractivity contribution in [2.75, 3.05) is 0 Å². The van der Waals surface area contributed by atoms with Gasteiger partial charge in [-0.25, -0.2) is 0 Å². The number of nitrogens with one attached hydrogen (secondary N) is 1. The summed E-state index contributed by atoms with van der Waals surface area (Å²) in [5, 5.41) is 4.53. The van der Waals surface area contributed by atoms with Crippen LogP contribution in [0.3, 0.4) is 0 Å². The Morgan fingerprint density at radius 1 is 0.950 bits per heavy atom. The van der Waals surface area contributed by atoms with Crippen molar-refractivity contribution in [3.05, 3.63) is 60.4 Å². The minimum Gasteiger partial charge on any atom is -0.460 e. The smallest absolute Gasteiger partial charge is 0.134 e. The lowest BCUT2D eigenvalue weighted by Crippen LogP contribution is -2.21. The molecule has 0 bridgehead atoms. The van der Waals surface area contributed by atoms with E-state index in [0.717, 1.165) is 23.3 Å². The molecule has 0 fully saturated rings. The first kappa shape index (κ1) is 12.9. The van der Waals surface area contributed by atoms with Gasteiger partial charge in [0.2, 0.25) is 0 Å². The molecule has 3 aromatic rings. The zero-order valence-electron chi connectivity index (χ0n) is 11.9. The van der Waals surface area contributed by atoms with Gasteiger partial charge in [-0.15, -0.1) is 0 Å². The molecule has 1 N–H and O–H groups in total. The molecular formula is C18H19NO. The third-order valence-corrected chi connectivity index (χ3v) is 3.36. The lowest BCUT2D eigenvalue weighted by Gasteiger charge is -2.04. The molecule has 2 nitrogen and oxygen atoms in total. The normalized spacial score (nSPS) is 11.3. The molecular weight excluding hydrogens is 246 g/mol. The van der Waals surface area contributed by atoms with Crippen molar-refractivity contribution in [1.82, 2.24) is 5.32 Å². The van der Waals surface area contributed by atoms with Crippen LogP contribution in [0, 0.1) is 0 Å². The summed E-state index contributed by atoms with van der Waals surface area (Å²) in [4.78, 5) is 0. The van der Waals surface area contributed by atoms with Crippen LogP contribution in [-0.4, -0.2) is 6.04 Å². The molecule has 0 aliphatic carbocycles. The fourth-order valence-electron chi connectivity index (χ4n) is 2.30. The number of hydrogen-bond donors (Lipinski definition) is 1. The van der Waals surface area contributed by atoms with Crippen molar-refractivity contribution in [2.45, 2.75) is 26.4 Å². The van der Waals surface area contributed by atoms with Crippen LogP contribution in [0.2, 0.25) is 0 Å². The van der Waals surface area contributed by atoms with Crippen molar-refractivity contribution in [3.63, 3.8) is 0 Å². The summed E-state index contributed by atoms with van der Waals surface area (Å²) < 4.78 is 5.85. The monoisotopic (exact) mass is 265 g/mol. The van der Waals surface area contributed by atoms with Gasteiger partial charge in [0, 0.05) is 11.4 Å². The molecule has 0 saturated heterocycles. The summed E-state index contributed by atoms with van der Waals surface area (Å²) in [7, 11) is 0. The third kappa shape index (κ3) is 2.75. The maximum Gasteiger partial charge on any atom is 0.134 e. The van der Waals surface area contributed by atoms with Crippen LogP contribution in [-0.2, 0) is 6.54 Å². The summed E-state index contributed by atoms with van der Waals surface area (Å²) in [6, 6.07) is 19.4. The third-order valence-electron chi connectivity index (χ3n) is 3.36. The first-order valence-electron chi connectivity index (χ1n) is 7.03. The first-order chi connectivity index (χ1) is 9.72. The van der Waals surface area contributed by atoms with E-state index < -0.39 is 0 Å². The van der Waals surface area contributed by atoms with E-state index >= 15 is 0 Å². The highest BCUT2D eigenvalue weighted by Gasteiger charge is 2.06. The fraction of sp³-hybridized carbons (Fsp3) is 0.222. The number of hydrogen-bond acceptors (Lipinski definition) is 2. The largest absolute Gasteiger partial charge is 0.460 e. The van der Waals surface area contributed by atoms with E-state index in [1.54, 1.807) is 0 Å². The quantitative estimate of drug-likeness (QED) is 0.746. The Morgan fingerprint density at radius 2 is 1.75 bits per heavy atom. The van der Waals surface area contributed by atoms with Crippen molar-refractivity contribution < 1.29 is 4.42 Å². The molecule has 0 atom stereocenters. The van der Waals surface area contributed by atoms with Gasteiger partial charge in [0.05, 0.1) is 6.54 Å². The highest BCUT2D eigenvalue weighted by molar-refractivity contribution is 5.84. The SMILES string of the molecule is CC(C)NCc1cc2cc(-c3ccccc3)ccc2o1. The minimum atomic E-state index is 0.461. The molecule has 0 amide bonds. The lowest BCUT2D eigenvalue weighted by atomic mass is 10.0. The molecule has 20 heavy (non-hydrogen) atoms. The predicted octanol–water partition coefficient (Wildman–Crippen LogP) is 4.60. The van der Waals surface area contributed by atoms with Gasteiger partial charge >= 0.3 is 0 Å². The molecule has 2 aromatic carbocycles. The average molecular weight is 265 g/mol. The fourth-order valence-corrected chi connectivity index (χ4v) is 2.30. The number of benzene rings is 2. The van der Waals surface area contributed by atoms with Gasteiger partial charge in [-0.2, -0.15) is 0 Å². The lowest BCUT2D eigenvalue weighted by molar-refractivity contribution is 0.488. The maximum atomic E-state index is 5.85. The molecule has 0 aliphatic rings. The summed E-state index contributed by atoms with van der Waals surface area (Å²) >= 11 is 0. The molecule has 0 unspecified atom stereocenters. The molecule has 0 spiro atoms. The van der Waals surface area contributed by atoms with Crippen LogP contribution >= 0.6 is 0 Å². The number of fused-ring (bicyclic) bond motifs is 1. The Kier molecular flexibility index (Phi) is 3.57. The zero-order chi connectivity index (χ0) is 13.9. The highest BCUT2D eigenvalue weighted by Crippen LogP contribution is 2.26. The Hall–Kier alpha value is -2.06. The molecule has 0 aliphatic heterocycles. The summed E-state index contributed by atoms with van der Waals surface area (Å²) in [5.74, 6) is 0.985. The van der Waals surface area contributed by atoms with Gasteiger partial charge < -0.3 is 9.73 Å². The molecule has 1 heterocycles. The van der Waals surface area contributed by atoms with Crippen LogP contribution in [0.4, 0.5) is 0 Å². The Balaban J connectivity index is 1.91. The Morgan fingerprint density at radius 3 is 2.50 bits per heavy atom. The Bertz CT molecular complexity index is 698. The van der Waals surface area contributed by atoms with Crippen LogP contribution in [0.15, 0.2) is 59.0 Å². The van der Waals surface area contributed by atoms with Crippen LogP contribution in [0.1, 0.15) is 19.6 Å². The second kappa shape index (κ2) is 5.51. The van der Waals surface area contributed by atoms with Crippen molar-refractivity contribution in [2.24, 2.45) is 0 Å². The van der Waals surface area contributed by atoms with Crippen molar-refractivity contribution in [3.8, 4) is 11.1 Å². The molecule has 1 aromatic heterocycles. The second-order valence-corrected chi connectivity index (χ2v) is 5.37. The van der Waals surface area contributed by atoms with Gasteiger partial charge in [0.25, 0.3) is 0 Å². The number of rotatable bonds is 4. The van der Waals surface area contributed by atoms with E-state index in [-0.39, 0.29) is 0 Å². The van der Waals surface area contributed by atoms with Gasteiger partial charge in [-0.1, -0.05) is 50.2 Å². The topological polar surface area (TPSA) is 25.2 Å². The standard InChI is InChI=1S/C18H19NO/c1-13(2)19-12-17-11-16-10-15(8-9-18(16)20-17)14-6-4-3-5-7-14/h3-11,13,19H,12H2,1-2H3. The van der Waals surface area contributed by atoms with Crippen LogP contribution in [0.25, 0.3) is 22.1 Å². The summed E-state index contributed by atoms with van der Waals surface area (Å²) in [6.45, 7) is 5.04. The van der Waals surface area contributed by atoms with E-state index in [2.05, 4.69) is 67.7 Å². The highest BCUT2D eigenvalue weighted by atomic mass is 16.3. The van der Waals surface area contributed by atoms with E-state index in [9.17, 15) is 0 Å². The van der Waals surface area contributed by atoms with Gasteiger partial charge in [0.1, 0.15) is 11.3 Å². The summed E-state index contributed by atoms with van der Waals surface area (Å²) in [5.41, 5.74) is 3.41. The average Bonchev–Trinajstić information content (AvgIpc) is 2.88.